The van der Waals surface area contributed by atoms with Gasteiger partial charge >= 0.3 is 11.7 Å². The van der Waals surface area contributed by atoms with Gasteiger partial charge in [-0.1, -0.05) is 6.07 Å². The van der Waals surface area contributed by atoms with Crippen LogP contribution in [0.15, 0.2) is 18.2 Å². The summed E-state index contributed by atoms with van der Waals surface area (Å²) in [6.07, 6.45) is 0. The summed E-state index contributed by atoms with van der Waals surface area (Å²) >= 11 is 0. The molecule has 0 spiro atoms. The molecule has 0 aromatic heterocycles. The van der Waals surface area contributed by atoms with Crippen LogP contribution in [0, 0.1) is 10.1 Å². The second-order valence-electron chi connectivity index (χ2n) is 2.81. The summed E-state index contributed by atoms with van der Waals surface area (Å²) in [5, 5.41) is 19.4. The first-order chi connectivity index (χ1) is 7.04. The van der Waals surface area contributed by atoms with Crippen LogP contribution in [0.25, 0.3) is 0 Å². The van der Waals surface area contributed by atoms with Crippen molar-refractivity contribution in [3.05, 3.63) is 33.9 Å². The zero-order valence-corrected chi connectivity index (χ0v) is 7.97. The van der Waals surface area contributed by atoms with E-state index in [0.29, 0.717) is 5.56 Å². The summed E-state index contributed by atoms with van der Waals surface area (Å²) in [6, 6.07) is 3.90. The van der Waals surface area contributed by atoms with Gasteiger partial charge in [0, 0.05) is 13.0 Å². The van der Waals surface area contributed by atoms with E-state index in [9.17, 15) is 14.9 Å². The fourth-order valence-corrected chi connectivity index (χ4v) is 1.05. The molecule has 0 aliphatic carbocycles. The summed E-state index contributed by atoms with van der Waals surface area (Å²) < 4.78 is 4.64. The van der Waals surface area contributed by atoms with E-state index >= 15 is 0 Å². The number of esters is 1. The van der Waals surface area contributed by atoms with Crippen molar-refractivity contribution in [2.24, 2.45) is 0 Å². The Morgan fingerprint density at radius 1 is 1.60 bits per heavy atom. The first kappa shape index (κ1) is 11.1. The van der Waals surface area contributed by atoms with Crippen molar-refractivity contribution < 1.29 is 19.6 Å². The predicted octanol–water partition coefficient (Wildman–Crippen LogP) is 1.01. The Labute approximate surface area is 85.2 Å². The Morgan fingerprint density at radius 2 is 2.27 bits per heavy atom. The molecule has 1 aromatic carbocycles. The van der Waals surface area contributed by atoms with E-state index in [1.54, 1.807) is 0 Å². The average Bonchev–Trinajstić information content (AvgIpc) is 2.17. The second-order valence-corrected chi connectivity index (χ2v) is 2.81. The number of carbonyl (C=O) groups is 1. The lowest BCUT2D eigenvalue weighted by Crippen LogP contribution is -2.04. The highest BCUT2D eigenvalue weighted by Crippen LogP contribution is 2.27. The predicted molar refractivity (Wildman–Crippen MR) is 50.3 cm³/mol. The van der Waals surface area contributed by atoms with Crippen molar-refractivity contribution in [1.82, 2.24) is 0 Å². The number of hydrogen-bond acceptors (Lipinski definition) is 5. The maximum atomic E-state index is 10.6. The third-order valence-corrected chi connectivity index (χ3v) is 1.66. The van der Waals surface area contributed by atoms with Crippen LogP contribution in [0.3, 0.4) is 0 Å². The second kappa shape index (κ2) is 4.52. The molecule has 1 aromatic rings. The summed E-state index contributed by atoms with van der Waals surface area (Å²) in [4.78, 5) is 20.6. The topological polar surface area (TPSA) is 89.7 Å². The molecule has 1 N–H and O–H groups in total. The first-order valence-electron chi connectivity index (χ1n) is 4.11. The number of ether oxygens (including phenoxy) is 1. The van der Waals surface area contributed by atoms with Crippen LogP contribution in [0.5, 0.6) is 5.75 Å². The number of nitrogens with zero attached hydrogens (tertiary/aromatic N) is 1. The number of aliphatic hydroxyl groups is 1. The van der Waals surface area contributed by atoms with Gasteiger partial charge in [-0.15, -0.1) is 0 Å². The van der Waals surface area contributed by atoms with Gasteiger partial charge in [0.15, 0.2) is 0 Å². The minimum atomic E-state index is -0.669. The van der Waals surface area contributed by atoms with Gasteiger partial charge in [-0.25, -0.2) is 0 Å². The maximum absolute atomic E-state index is 10.6. The number of aliphatic hydroxyl groups excluding tert-OH is 1. The van der Waals surface area contributed by atoms with Crippen LogP contribution in [0.2, 0.25) is 0 Å². The third-order valence-electron chi connectivity index (χ3n) is 1.66. The van der Waals surface area contributed by atoms with Gasteiger partial charge in [-0.3, -0.25) is 14.9 Å². The van der Waals surface area contributed by atoms with Gasteiger partial charge in [0.05, 0.1) is 11.5 Å². The first-order valence-corrected chi connectivity index (χ1v) is 4.11. The lowest BCUT2D eigenvalue weighted by atomic mass is 10.2. The normalized spacial score (nSPS) is 9.73. The number of nitro groups is 1. The Hall–Kier alpha value is -1.95. The lowest BCUT2D eigenvalue weighted by molar-refractivity contribution is -0.385. The highest BCUT2D eigenvalue weighted by atomic mass is 16.6. The number of rotatable bonds is 3. The summed E-state index contributed by atoms with van der Waals surface area (Å²) in [7, 11) is 0. The molecule has 0 unspecified atom stereocenters. The molecule has 0 bridgehead atoms. The minimum absolute atomic E-state index is 0.121. The molecule has 80 valence electrons. The fourth-order valence-electron chi connectivity index (χ4n) is 1.05. The molecule has 0 aliphatic rings. The van der Waals surface area contributed by atoms with Gasteiger partial charge in [0.2, 0.25) is 5.75 Å². The zero-order chi connectivity index (χ0) is 11.4. The molecule has 0 aliphatic heterocycles. The van der Waals surface area contributed by atoms with E-state index in [0.717, 1.165) is 13.0 Å². The number of benzene rings is 1. The maximum Gasteiger partial charge on any atom is 0.312 e. The van der Waals surface area contributed by atoms with E-state index in [1.807, 2.05) is 0 Å². The largest absolute Gasteiger partial charge is 0.419 e. The molecular formula is C9H9NO5. The summed E-state index contributed by atoms with van der Waals surface area (Å²) in [5.41, 5.74) is 0.0503. The molecule has 0 atom stereocenters. The molecule has 0 amide bonds. The van der Waals surface area contributed by atoms with E-state index in [2.05, 4.69) is 4.74 Å². The van der Waals surface area contributed by atoms with Gasteiger partial charge in [0.1, 0.15) is 0 Å². The van der Waals surface area contributed by atoms with E-state index in [-0.39, 0.29) is 18.0 Å². The van der Waals surface area contributed by atoms with Crippen LogP contribution in [0.1, 0.15) is 12.5 Å². The lowest BCUT2D eigenvalue weighted by Gasteiger charge is -2.03. The summed E-state index contributed by atoms with van der Waals surface area (Å²) in [5.74, 6) is -0.750. The molecule has 6 nitrogen and oxygen atoms in total. The number of carbonyl (C=O) groups excluding carboxylic acids is 1. The van der Waals surface area contributed by atoms with E-state index < -0.39 is 10.9 Å². The third kappa shape index (κ3) is 2.75. The van der Waals surface area contributed by atoms with Gasteiger partial charge in [-0.05, 0) is 11.6 Å². The van der Waals surface area contributed by atoms with Gasteiger partial charge < -0.3 is 9.84 Å². The van der Waals surface area contributed by atoms with E-state index in [4.69, 9.17) is 5.11 Å². The quantitative estimate of drug-likeness (QED) is 0.349. The van der Waals surface area contributed by atoms with Crippen molar-refractivity contribution in [2.75, 3.05) is 0 Å². The molecule has 15 heavy (non-hydrogen) atoms. The Kier molecular flexibility index (Phi) is 3.35. The van der Waals surface area contributed by atoms with Crippen LogP contribution in [-0.4, -0.2) is 16.0 Å². The SMILES string of the molecule is CC(=O)Oc1ccc(CO)cc1[N+](=O)[O-]. The summed E-state index contributed by atoms with van der Waals surface area (Å²) in [6.45, 7) is 0.852. The molecule has 1 rings (SSSR count). The van der Waals surface area contributed by atoms with Crippen molar-refractivity contribution in [2.45, 2.75) is 13.5 Å². The highest BCUT2D eigenvalue weighted by Gasteiger charge is 2.17. The van der Waals surface area contributed by atoms with Crippen molar-refractivity contribution >= 4 is 11.7 Å². The van der Waals surface area contributed by atoms with Crippen LogP contribution in [0.4, 0.5) is 5.69 Å². The molecule has 0 saturated heterocycles. The number of nitro benzene ring substituents is 1. The Balaban J connectivity index is 3.15. The zero-order valence-electron chi connectivity index (χ0n) is 7.97. The van der Waals surface area contributed by atoms with E-state index in [1.165, 1.54) is 12.1 Å². The van der Waals surface area contributed by atoms with Gasteiger partial charge in [0.25, 0.3) is 0 Å². The van der Waals surface area contributed by atoms with Crippen LogP contribution < -0.4 is 4.74 Å². The molecule has 0 saturated carbocycles. The molecule has 0 fully saturated rings. The average molecular weight is 211 g/mol. The molecule has 0 radical (unpaired) electrons. The van der Waals surface area contributed by atoms with Crippen molar-refractivity contribution in [1.29, 1.82) is 0 Å². The minimum Gasteiger partial charge on any atom is -0.419 e. The number of hydrogen-bond donors (Lipinski definition) is 1. The highest BCUT2D eigenvalue weighted by molar-refractivity contribution is 5.71. The van der Waals surface area contributed by atoms with Crippen LogP contribution in [-0.2, 0) is 11.4 Å². The Morgan fingerprint density at radius 3 is 2.73 bits per heavy atom. The van der Waals surface area contributed by atoms with Gasteiger partial charge in [-0.2, -0.15) is 0 Å². The smallest absolute Gasteiger partial charge is 0.312 e. The van der Waals surface area contributed by atoms with Crippen LogP contribution >= 0.6 is 0 Å². The monoisotopic (exact) mass is 211 g/mol. The molecule has 6 heteroatoms. The van der Waals surface area contributed by atoms with Crippen molar-refractivity contribution in [3.8, 4) is 5.75 Å². The van der Waals surface area contributed by atoms with Crippen molar-refractivity contribution in [3.63, 3.8) is 0 Å². The Bertz CT molecular complexity index is 401. The molecular weight excluding hydrogens is 202 g/mol. The fraction of sp³-hybridized carbons (Fsp3) is 0.222. The standard InChI is InChI=1S/C9H9NO5/c1-6(12)15-9-3-2-7(5-11)4-8(9)10(13)14/h2-4,11H,5H2,1H3. The molecule has 0 heterocycles.